The Morgan fingerprint density at radius 1 is 1.71 bits per heavy atom. The molecule has 0 fully saturated rings. The number of aliphatic hydroxyl groups is 1. The minimum Gasteiger partial charge on any atom is -0.383 e. The zero-order valence-electron chi connectivity index (χ0n) is 9.85. The summed E-state index contributed by atoms with van der Waals surface area (Å²) < 4.78 is 4.88. The van der Waals surface area contributed by atoms with Crippen LogP contribution in [0.5, 0.6) is 0 Å². The number of fused-ring (bicyclic) bond motifs is 1. The zero-order chi connectivity index (χ0) is 12.4. The first-order chi connectivity index (χ1) is 8.13. The molecule has 94 valence electrons. The number of amides is 1. The molecule has 1 aliphatic rings. The van der Waals surface area contributed by atoms with Crippen LogP contribution in [-0.2, 0) is 17.8 Å². The molecule has 0 bridgehead atoms. The highest BCUT2D eigenvalue weighted by Gasteiger charge is 2.28. The van der Waals surface area contributed by atoms with Crippen LogP contribution >= 0.6 is 0 Å². The number of nitrogens with two attached hydrogens (primary N) is 1. The Kier molecular flexibility index (Phi) is 3.33. The number of hydrogen-bond donors (Lipinski definition) is 2. The van der Waals surface area contributed by atoms with Crippen LogP contribution in [-0.4, -0.2) is 33.7 Å². The summed E-state index contributed by atoms with van der Waals surface area (Å²) in [6.07, 6.45) is 0.978. The third-order valence-corrected chi connectivity index (χ3v) is 3.03. The van der Waals surface area contributed by atoms with Crippen LogP contribution in [0, 0.1) is 0 Å². The first kappa shape index (κ1) is 11.9. The molecule has 1 atom stereocenters. The van der Waals surface area contributed by atoms with Gasteiger partial charge in [0.1, 0.15) is 6.10 Å². The van der Waals surface area contributed by atoms with E-state index in [1.165, 1.54) is 0 Å². The minimum atomic E-state index is -0.914. The Morgan fingerprint density at radius 3 is 3.18 bits per heavy atom. The number of anilines is 1. The molecular formula is C11H17N3O3. The number of nitrogens with zero attached hydrogens (tertiary/aromatic N) is 2. The third-order valence-electron chi connectivity index (χ3n) is 3.03. The van der Waals surface area contributed by atoms with Crippen LogP contribution in [0.25, 0.3) is 0 Å². The van der Waals surface area contributed by atoms with Crippen molar-refractivity contribution >= 4 is 11.8 Å². The van der Waals surface area contributed by atoms with Crippen molar-refractivity contribution in [1.82, 2.24) is 10.1 Å². The first-order valence-corrected chi connectivity index (χ1v) is 5.83. The van der Waals surface area contributed by atoms with E-state index in [-0.39, 0.29) is 11.8 Å². The van der Waals surface area contributed by atoms with Crippen molar-refractivity contribution in [1.29, 1.82) is 0 Å². The lowest BCUT2D eigenvalue weighted by Crippen LogP contribution is -2.42. The SMILES string of the molecule is CCCC(O)C(=O)N1CCc2noc(N)c2C1. The predicted octanol–water partition coefficient (Wildman–Crippen LogP) is 0.302. The van der Waals surface area contributed by atoms with E-state index in [1.54, 1.807) is 4.90 Å². The Balaban J connectivity index is 2.06. The van der Waals surface area contributed by atoms with Crippen LogP contribution in [0.4, 0.5) is 5.88 Å². The largest absolute Gasteiger partial charge is 0.383 e. The minimum absolute atomic E-state index is 0.238. The van der Waals surface area contributed by atoms with E-state index in [2.05, 4.69) is 5.16 Å². The molecule has 6 nitrogen and oxygen atoms in total. The molecule has 0 saturated heterocycles. The van der Waals surface area contributed by atoms with Gasteiger partial charge in [-0.1, -0.05) is 18.5 Å². The van der Waals surface area contributed by atoms with Crippen molar-refractivity contribution in [2.24, 2.45) is 0 Å². The average Bonchev–Trinajstić information content (AvgIpc) is 2.70. The maximum absolute atomic E-state index is 11.9. The highest BCUT2D eigenvalue weighted by molar-refractivity contribution is 5.81. The lowest BCUT2D eigenvalue weighted by atomic mass is 10.1. The maximum atomic E-state index is 11.9. The van der Waals surface area contributed by atoms with Crippen LogP contribution in [0.3, 0.4) is 0 Å². The second-order valence-corrected chi connectivity index (χ2v) is 4.29. The van der Waals surface area contributed by atoms with Gasteiger partial charge in [0.15, 0.2) is 0 Å². The quantitative estimate of drug-likeness (QED) is 0.791. The van der Waals surface area contributed by atoms with Gasteiger partial charge < -0.3 is 20.3 Å². The van der Waals surface area contributed by atoms with Gasteiger partial charge in [-0.05, 0) is 6.42 Å². The van der Waals surface area contributed by atoms with Gasteiger partial charge in [0.25, 0.3) is 5.91 Å². The van der Waals surface area contributed by atoms with Crippen molar-refractivity contribution in [2.75, 3.05) is 12.3 Å². The predicted molar refractivity (Wildman–Crippen MR) is 61.0 cm³/mol. The summed E-state index contributed by atoms with van der Waals surface area (Å²) in [7, 11) is 0. The fraction of sp³-hybridized carbons (Fsp3) is 0.636. The van der Waals surface area contributed by atoms with Gasteiger partial charge in [-0.25, -0.2) is 0 Å². The summed E-state index contributed by atoms with van der Waals surface area (Å²) in [6.45, 7) is 2.87. The molecule has 1 unspecified atom stereocenters. The van der Waals surface area contributed by atoms with Crippen molar-refractivity contribution in [3.05, 3.63) is 11.3 Å². The lowest BCUT2D eigenvalue weighted by molar-refractivity contribution is -0.141. The van der Waals surface area contributed by atoms with E-state index in [4.69, 9.17) is 10.3 Å². The summed E-state index contributed by atoms with van der Waals surface area (Å²) in [5.41, 5.74) is 7.22. The van der Waals surface area contributed by atoms with E-state index in [1.807, 2.05) is 6.92 Å². The summed E-state index contributed by atoms with van der Waals surface area (Å²) in [6, 6.07) is 0. The molecule has 2 rings (SSSR count). The van der Waals surface area contributed by atoms with Gasteiger partial charge >= 0.3 is 0 Å². The molecule has 0 spiro atoms. The molecule has 2 heterocycles. The highest BCUT2D eigenvalue weighted by atomic mass is 16.5. The summed E-state index contributed by atoms with van der Waals surface area (Å²) in [5, 5.41) is 13.5. The summed E-state index contributed by atoms with van der Waals surface area (Å²) >= 11 is 0. The Morgan fingerprint density at radius 2 is 2.47 bits per heavy atom. The van der Waals surface area contributed by atoms with Gasteiger partial charge in [0.05, 0.1) is 17.8 Å². The Bertz CT molecular complexity index is 416. The number of carbonyl (C=O) groups excluding carboxylic acids is 1. The molecule has 6 heteroatoms. The van der Waals surface area contributed by atoms with Crippen molar-refractivity contribution in [2.45, 2.75) is 38.8 Å². The fourth-order valence-electron chi connectivity index (χ4n) is 2.03. The monoisotopic (exact) mass is 239 g/mol. The normalized spacial score (nSPS) is 16.7. The second kappa shape index (κ2) is 4.75. The van der Waals surface area contributed by atoms with Crippen LogP contribution < -0.4 is 5.73 Å². The van der Waals surface area contributed by atoms with Crippen LogP contribution in [0.1, 0.15) is 31.0 Å². The number of aromatic nitrogens is 1. The third kappa shape index (κ3) is 2.26. The Hall–Kier alpha value is -1.56. The molecule has 1 aromatic heterocycles. The molecule has 1 aliphatic heterocycles. The molecule has 0 saturated carbocycles. The molecule has 0 radical (unpaired) electrons. The van der Waals surface area contributed by atoms with Gasteiger partial charge in [-0.2, -0.15) is 0 Å². The molecule has 0 aliphatic carbocycles. The topological polar surface area (TPSA) is 92.6 Å². The number of aliphatic hydroxyl groups excluding tert-OH is 1. The molecule has 1 amide bonds. The maximum Gasteiger partial charge on any atom is 0.251 e. The van der Waals surface area contributed by atoms with Crippen LogP contribution in [0.15, 0.2) is 4.52 Å². The van der Waals surface area contributed by atoms with E-state index in [0.29, 0.717) is 25.9 Å². The van der Waals surface area contributed by atoms with Crippen LogP contribution in [0.2, 0.25) is 0 Å². The highest BCUT2D eigenvalue weighted by Crippen LogP contribution is 2.24. The van der Waals surface area contributed by atoms with E-state index >= 15 is 0 Å². The summed E-state index contributed by atoms with van der Waals surface area (Å²) in [4.78, 5) is 13.5. The van der Waals surface area contributed by atoms with E-state index < -0.39 is 6.10 Å². The number of hydrogen-bond acceptors (Lipinski definition) is 5. The molecule has 1 aromatic rings. The lowest BCUT2D eigenvalue weighted by Gasteiger charge is -2.27. The van der Waals surface area contributed by atoms with Gasteiger partial charge in [0.2, 0.25) is 5.88 Å². The summed E-state index contributed by atoms with van der Waals surface area (Å²) in [5.74, 6) is 0.0283. The smallest absolute Gasteiger partial charge is 0.251 e. The van der Waals surface area contributed by atoms with E-state index in [0.717, 1.165) is 17.7 Å². The first-order valence-electron chi connectivity index (χ1n) is 5.83. The van der Waals surface area contributed by atoms with Crippen molar-refractivity contribution in [3.63, 3.8) is 0 Å². The van der Waals surface area contributed by atoms with Gasteiger partial charge in [0, 0.05) is 13.0 Å². The molecule has 17 heavy (non-hydrogen) atoms. The van der Waals surface area contributed by atoms with Gasteiger partial charge in [-0.3, -0.25) is 4.79 Å². The number of nitrogen functional groups attached to an aromatic ring is 1. The molecule has 0 aromatic carbocycles. The second-order valence-electron chi connectivity index (χ2n) is 4.29. The standard InChI is InChI=1S/C11H17N3O3/c1-2-3-9(15)11(16)14-5-4-8-7(6-14)10(12)17-13-8/h9,15H,2-6,12H2,1H3. The van der Waals surface area contributed by atoms with E-state index in [9.17, 15) is 9.90 Å². The van der Waals surface area contributed by atoms with Gasteiger partial charge in [-0.15, -0.1) is 0 Å². The number of rotatable bonds is 3. The molecular weight excluding hydrogens is 222 g/mol. The van der Waals surface area contributed by atoms with Crippen molar-refractivity contribution in [3.8, 4) is 0 Å². The zero-order valence-corrected chi connectivity index (χ0v) is 9.85. The van der Waals surface area contributed by atoms with Crippen molar-refractivity contribution < 1.29 is 14.4 Å². The average molecular weight is 239 g/mol. The Labute approximate surface area is 99.4 Å². The fourth-order valence-corrected chi connectivity index (χ4v) is 2.03. The molecule has 3 N–H and O–H groups in total. The number of carbonyl (C=O) groups is 1.